The molecule has 0 radical (unpaired) electrons. The van der Waals surface area contributed by atoms with E-state index in [4.69, 9.17) is 5.11 Å². The monoisotopic (exact) mass is 232 g/mol. The van der Waals surface area contributed by atoms with Gasteiger partial charge in [0, 0.05) is 6.20 Å². The minimum atomic E-state index is -0.852. The van der Waals surface area contributed by atoms with Gasteiger partial charge in [-0.2, -0.15) is 0 Å². The number of thiazole rings is 1. The predicted octanol–water partition coefficient (Wildman–Crippen LogP) is 2.18. The number of hydrogen-bond acceptors (Lipinski definition) is 3. The van der Waals surface area contributed by atoms with Crippen LogP contribution in [0.2, 0.25) is 0 Å². The second-order valence-corrected chi connectivity index (χ2v) is 4.53. The Hall–Kier alpha value is -1.88. The van der Waals surface area contributed by atoms with Crippen LogP contribution in [-0.4, -0.2) is 20.5 Å². The van der Waals surface area contributed by atoms with E-state index in [-0.39, 0.29) is 6.42 Å². The summed E-state index contributed by atoms with van der Waals surface area (Å²) in [5.74, 6) is -0.852. The van der Waals surface area contributed by atoms with Crippen molar-refractivity contribution < 1.29 is 9.90 Å². The molecule has 0 aliphatic heterocycles. The van der Waals surface area contributed by atoms with Gasteiger partial charge in [-0.15, -0.1) is 0 Å². The Morgan fingerprint density at radius 3 is 3.06 bits per heavy atom. The molecule has 0 spiro atoms. The number of imidazole rings is 1. The number of para-hydroxylation sites is 1. The van der Waals surface area contributed by atoms with Gasteiger partial charge in [0.2, 0.25) is 0 Å². The second kappa shape index (κ2) is 3.31. The van der Waals surface area contributed by atoms with E-state index < -0.39 is 5.97 Å². The zero-order valence-corrected chi connectivity index (χ0v) is 9.07. The molecule has 0 bridgehead atoms. The first-order valence-corrected chi connectivity index (χ1v) is 5.63. The fourth-order valence-electron chi connectivity index (χ4n) is 1.74. The second-order valence-electron chi connectivity index (χ2n) is 3.53. The summed E-state index contributed by atoms with van der Waals surface area (Å²) in [6.45, 7) is 0. The molecule has 0 saturated heterocycles. The topological polar surface area (TPSA) is 54.6 Å². The molecule has 0 saturated carbocycles. The molecule has 16 heavy (non-hydrogen) atoms. The van der Waals surface area contributed by atoms with Crippen LogP contribution in [0.25, 0.3) is 15.2 Å². The minimum Gasteiger partial charge on any atom is -0.481 e. The quantitative estimate of drug-likeness (QED) is 0.736. The Bertz CT molecular complexity index is 683. The van der Waals surface area contributed by atoms with Gasteiger partial charge >= 0.3 is 5.97 Å². The summed E-state index contributed by atoms with van der Waals surface area (Å²) in [6.07, 6.45) is 1.77. The maximum absolute atomic E-state index is 10.6. The molecule has 1 aromatic carbocycles. The van der Waals surface area contributed by atoms with Gasteiger partial charge in [-0.3, -0.25) is 9.20 Å². The Labute approximate surface area is 94.8 Å². The van der Waals surface area contributed by atoms with Gasteiger partial charge in [0.1, 0.15) is 0 Å². The zero-order valence-electron chi connectivity index (χ0n) is 8.25. The van der Waals surface area contributed by atoms with Crippen LogP contribution in [0.3, 0.4) is 0 Å². The molecule has 0 aliphatic carbocycles. The van der Waals surface area contributed by atoms with Crippen molar-refractivity contribution in [2.45, 2.75) is 6.42 Å². The van der Waals surface area contributed by atoms with Gasteiger partial charge in [0.25, 0.3) is 0 Å². The van der Waals surface area contributed by atoms with Crippen LogP contribution in [0.5, 0.6) is 0 Å². The molecule has 5 heteroatoms. The number of fused-ring (bicyclic) bond motifs is 3. The van der Waals surface area contributed by atoms with E-state index in [0.29, 0.717) is 5.69 Å². The molecule has 3 rings (SSSR count). The molecule has 2 heterocycles. The number of benzene rings is 1. The predicted molar refractivity (Wildman–Crippen MR) is 61.9 cm³/mol. The summed E-state index contributed by atoms with van der Waals surface area (Å²) in [4.78, 5) is 15.7. The van der Waals surface area contributed by atoms with Crippen molar-refractivity contribution in [1.29, 1.82) is 0 Å². The number of nitrogens with zero attached hydrogens (tertiary/aromatic N) is 2. The summed E-state index contributed by atoms with van der Waals surface area (Å²) in [5.41, 5.74) is 1.68. The standard InChI is InChI=1S/C11H8N2O2S/c14-10(15)5-7-6-13-8-3-1-2-4-9(8)16-11(13)12-7/h1-4,6H,5H2,(H,14,15). The van der Waals surface area contributed by atoms with Crippen molar-refractivity contribution in [2.75, 3.05) is 0 Å². The highest BCUT2D eigenvalue weighted by Crippen LogP contribution is 2.25. The molecule has 0 unspecified atom stereocenters. The Kier molecular flexibility index (Phi) is 1.94. The van der Waals surface area contributed by atoms with Gasteiger partial charge < -0.3 is 5.11 Å². The zero-order chi connectivity index (χ0) is 11.1. The van der Waals surface area contributed by atoms with E-state index in [1.165, 1.54) is 0 Å². The SMILES string of the molecule is O=C(O)Cc1cn2c(n1)sc1ccccc12. The summed E-state index contributed by atoms with van der Waals surface area (Å²) in [5, 5.41) is 8.70. The maximum atomic E-state index is 10.6. The first kappa shape index (κ1) is 9.35. The summed E-state index contributed by atoms with van der Waals surface area (Å²) >= 11 is 1.57. The van der Waals surface area contributed by atoms with Crippen LogP contribution in [0.1, 0.15) is 5.69 Å². The average molecular weight is 232 g/mol. The lowest BCUT2D eigenvalue weighted by atomic mass is 10.3. The lowest BCUT2D eigenvalue weighted by Gasteiger charge is -1.89. The van der Waals surface area contributed by atoms with Gasteiger partial charge in [0.15, 0.2) is 4.96 Å². The van der Waals surface area contributed by atoms with E-state index in [1.807, 2.05) is 28.7 Å². The highest BCUT2D eigenvalue weighted by molar-refractivity contribution is 7.23. The average Bonchev–Trinajstić information content (AvgIpc) is 2.73. The fourth-order valence-corrected chi connectivity index (χ4v) is 2.76. The van der Waals surface area contributed by atoms with Crippen LogP contribution in [0.15, 0.2) is 30.5 Å². The number of aliphatic carboxylic acids is 1. The van der Waals surface area contributed by atoms with Crippen molar-refractivity contribution in [3.8, 4) is 0 Å². The number of aromatic nitrogens is 2. The molecule has 0 atom stereocenters. The highest BCUT2D eigenvalue weighted by atomic mass is 32.1. The number of hydrogen-bond donors (Lipinski definition) is 1. The summed E-state index contributed by atoms with van der Waals surface area (Å²) in [7, 11) is 0. The van der Waals surface area contributed by atoms with E-state index in [2.05, 4.69) is 4.98 Å². The molecular weight excluding hydrogens is 224 g/mol. The lowest BCUT2D eigenvalue weighted by Crippen LogP contribution is -1.99. The molecule has 3 aromatic rings. The van der Waals surface area contributed by atoms with Crippen LogP contribution in [0.4, 0.5) is 0 Å². The molecule has 4 nitrogen and oxygen atoms in total. The van der Waals surface area contributed by atoms with Gasteiger partial charge in [-0.1, -0.05) is 23.5 Å². The van der Waals surface area contributed by atoms with E-state index in [0.717, 1.165) is 15.2 Å². The fraction of sp³-hybridized carbons (Fsp3) is 0.0909. The molecular formula is C11H8N2O2S. The largest absolute Gasteiger partial charge is 0.481 e. The van der Waals surface area contributed by atoms with Gasteiger partial charge in [0.05, 0.1) is 22.3 Å². The molecule has 2 aromatic heterocycles. The van der Waals surface area contributed by atoms with Crippen LogP contribution < -0.4 is 0 Å². The molecule has 0 aliphatic rings. The van der Waals surface area contributed by atoms with E-state index in [1.54, 1.807) is 17.5 Å². The third kappa shape index (κ3) is 1.37. The molecule has 80 valence electrons. The summed E-state index contributed by atoms with van der Waals surface area (Å²) < 4.78 is 3.10. The summed E-state index contributed by atoms with van der Waals surface area (Å²) in [6, 6.07) is 7.98. The van der Waals surface area contributed by atoms with E-state index >= 15 is 0 Å². The van der Waals surface area contributed by atoms with Crippen LogP contribution >= 0.6 is 11.3 Å². The van der Waals surface area contributed by atoms with Crippen molar-refractivity contribution in [1.82, 2.24) is 9.38 Å². The Morgan fingerprint density at radius 1 is 1.44 bits per heavy atom. The smallest absolute Gasteiger partial charge is 0.309 e. The Balaban J connectivity index is 2.22. The third-order valence-electron chi connectivity index (χ3n) is 2.38. The first-order valence-electron chi connectivity index (χ1n) is 4.81. The van der Waals surface area contributed by atoms with Crippen molar-refractivity contribution in [3.05, 3.63) is 36.2 Å². The first-order chi connectivity index (χ1) is 7.74. The molecule has 1 N–H and O–H groups in total. The number of carboxylic acid groups (broad SMARTS) is 1. The number of carbonyl (C=O) groups is 1. The lowest BCUT2D eigenvalue weighted by molar-refractivity contribution is -0.136. The van der Waals surface area contributed by atoms with E-state index in [9.17, 15) is 4.79 Å². The minimum absolute atomic E-state index is 0.0251. The van der Waals surface area contributed by atoms with Crippen molar-refractivity contribution in [2.24, 2.45) is 0 Å². The van der Waals surface area contributed by atoms with Crippen molar-refractivity contribution >= 4 is 32.5 Å². The number of rotatable bonds is 2. The third-order valence-corrected chi connectivity index (χ3v) is 3.42. The number of carboxylic acids is 1. The van der Waals surface area contributed by atoms with Crippen LogP contribution in [-0.2, 0) is 11.2 Å². The van der Waals surface area contributed by atoms with Crippen molar-refractivity contribution in [3.63, 3.8) is 0 Å². The highest BCUT2D eigenvalue weighted by Gasteiger charge is 2.10. The normalized spacial score (nSPS) is 11.2. The molecule has 0 amide bonds. The molecule has 0 fully saturated rings. The Morgan fingerprint density at radius 2 is 2.25 bits per heavy atom. The maximum Gasteiger partial charge on any atom is 0.309 e. The van der Waals surface area contributed by atoms with Gasteiger partial charge in [-0.25, -0.2) is 4.98 Å². The van der Waals surface area contributed by atoms with Gasteiger partial charge in [-0.05, 0) is 12.1 Å². The van der Waals surface area contributed by atoms with Crippen LogP contribution in [0, 0.1) is 0 Å².